The predicted octanol–water partition coefficient (Wildman–Crippen LogP) is 2.66. The van der Waals surface area contributed by atoms with E-state index in [0.717, 1.165) is 29.6 Å². The average Bonchev–Trinajstić information content (AvgIpc) is 3.28. The first-order valence-corrected chi connectivity index (χ1v) is 7.01. The summed E-state index contributed by atoms with van der Waals surface area (Å²) >= 11 is 0. The number of anilines is 2. The second-order valence-corrected chi connectivity index (χ2v) is 5.59. The van der Waals surface area contributed by atoms with Gasteiger partial charge in [-0.15, -0.1) is 0 Å². The van der Waals surface area contributed by atoms with Gasteiger partial charge in [0.1, 0.15) is 0 Å². The molecule has 0 unspecified atom stereocenters. The maximum atomic E-state index is 6.21. The Labute approximate surface area is 114 Å². The largest absolute Gasteiger partial charge is 0.493 e. The van der Waals surface area contributed by atoms with E-state index in [2.05, 4.69) is 4.90 Å². The van der Waals surface area contributed by atoms with Gasteiger partial charge < -0.3 is 20.1 Å². The fourth-order valence-corrected chi connectivity index (χ4v) is 2.54. The Bertz CT molecular complexity index is 467. The predicted molar refractivity (Wildman–Crippen MR) is 77.1 cm³/mol. The summed E-state index contributed by atoms with van der Waals surface area (Å²) in [5.74, 6) is 2.31. The number of hydrogen-bond acceptors (Lipinski definition) is 4. The molecule has 2 N–H and O–H groups in total. The maximum Gasteiger partial charge on any atom is 0.162 e. The first-order chi connectivity index (χ1) is 9.22. The van der Waals surface area contributed by atoms with Gasteiger partial charge in [-0.25, -0.2) is 0 Å². The molecule has 4 nitrogen and oxygen atoms in total. The van der Waals surface area contributed by atoms with E-state index in [1.165, 1.54) is 25.7 Å². The number of nitrogens with zero attached hydrogens (tertiary/aromatic N) is 1. The number of hydrogen-bond donors (Lipinski definition) is 1. The van der Waals surface area contributed by atoms with Crippen LogP contribution in [0.5, 0.6) is 11.5 Å². The first-order valence-electron chi connectivity index (χ1n) is 7.01. The molecule has 0 aliphatic heterocycles. The summed E-state index contributed by atoms with van der Waals surface area (Å²) in [5, 5.41) is 0. The number of methoxy groups -OCH3 is 2. The van der Waals surface area contributed by atoms with Gasteiger partial charge in [0.05, 0.1) is 25.6 Å². The molecule has 2 fully saturated rings. The third-order valence-electron chi connectivity index (χ3n) is 3.98. The number of nitrogen functional groups attached to an aromatic ring is 1. The molecule has 2 aliphatic rings. The molecule has 0 heterocycles. The number of nitrogens with two attached hydrogens (primary N) is 1. The van der Waals surface area contributed by atoms with Crippen molar-refractivity contribution in [3.8, 4) is 11.5 Å². The lowest BCUT2D eigenvalue weighted by atomic mass is 10.2. The van der Waals surface area contributed by atoms with Crippen molar-refractivity contribution in [2.24, 2.45) is 5.92 Å². The standard InChI is InChI=1S/C15H22N2O2/c1-18-14-7-12(16)13(8-15(14)19-2)17(11-5-6-11)9-10-3-4-10/h7-8,10-11H,3-6,9,16H2,1-2H3. The van der Waals surface area contributed by atoms with Gasteiger partial charge in [-0.3, -0.25) is 0 Å². The molecule has 1 aromatic carbocycles. The van der Waals surface area contributed by atoms with E-state index in [4.69, 9.17) is 15.2 Å². The quantitative estimate of drug-likeness (QED) is 0.801. The summed E-state index contributed by atoms with van der Waals surface area (Å²) in [6.45, 7) is 1.13. The zero-order valence-electron chi connectivity index (χ0n) is 11.7. The Hall–Kier alpha value is -1.58. The molecular weight excluding hydrogens is 240 g/mol. The highest BCUT2D eigenvalue weighted by Crippen LogP contribution is 2.43. The van der Waals surface area contributed by atoms with Crippen molar-refractivity contribution in [3.05, 3.63) is 12.1 Å². The molecule has 0 bridgehead atoms. The Morgan fingerprint density at radius 3 is 2.26 bits per heavy atom. The van der Waals surface area contributed by atoms with Crippen LogP contribution in [0.2, 0.25) is 0 Å². The van der Waals surface area contributed by atoms with E-state index in [-0.39, 0.29) is 0 Å². The van der Waals surface area contributed by atoms with Crippen LogP contribution in [0, 0.1) is 5.92 Å². The van der Waals surface area contributed by atoms with Crippen LogP contribution in [-0.2, 0) is 0 Å². The molecule has 0 atom stereocenters. The van der Waals surface area contributed by atoms with Gasteiger partial charge in [-0.2, -0.15) is 0 Å². The highest BCUT2D eigenvalue weighted by molar-refractivity contribution is 5.74. The minimum absolute atomic E-state index is 0.668. The van der Waals surface area contributed by atoms with Crippen LogP contribution in [0.15, 0.2) is 12.1 Å². The van der Waals surface area contributed by atoms with Crippen molar-refractivity contribution in [3.63, 3.8) is 0 Å². The van der Waals surface area contributed by atoms with E-state index >= 15 is 0 Å². The number of rotatable bonds is 6. The van der Waals surface area contributed by atoms with Gasteiger partial charge in [-0.1, -0.05) is 0 Å². The zero-order valence-corrected chi connectivity index (χ0v) is 11.7. The molecule has 3 rings (SSSR count). The number of ether oxygens (including phenoxy) is 2. The smallest absolute Gasteiger partial charge is 0.162 e. The van der Waals surface area contributed by atoms with Crippen LogP contribution in [0.3, 0.4) is 0 Å². The number of benzene rings is 1. The minimum atomic E-state index is 0.668. The molecule has 104 valence electrons. The van der Waals surface area contributed by atoms with Crippen molar-refractivity contribution in [1.29, 1.82) is 0 Å². The third-order valence-corrected chi connectivity index (χ3v) is 3.98. The highest BCUT2D eigenvalue weighted by atomic mass is 16.5. The average molecular weight is 262 g/mol. The van der Waals surface area contributed by atoms with E-state index in [1.54, 1.807) is 14.2 Å². The van der Waals surface area contributed by atoms with Crippen LogP contribution in [0.25, 0.3) is 0 Å². The third kappa shape index (κ3) is 2.57. The van der Waals surface area contributed by atoms with Crippen LogP contribution in [0.4, 0.5) is 11.4 Å². The van der Waals surface area contributed by atoms with Crippen molar-refractivity contribution < 1.29 is 9.47 Å². The molecular formula is C15H22N2O2. The molecule has 0 aromatic heterocycles. The summed E-state index contributed by atoms with van der Waals surface area (Å²) in [5.41, 5.74) is 8.09. The lowest BCUT2D eigenvalue weighted by Crippen LogP contribution is -2.28. The summed E-state index contributed by atoms with van der Waals surface area (Å²) in [4.78, 5) is 2.47. The Kier molecular flexibility index (Phi) is 3.17. The van der Waals surface area contributed by atoms with Crippen molar-refractivity contribution in [2.75, 3.05) is 31.4 Å². The SMILES string of the molecule is COc1cc(N)c(N(CC2CC2)C2CC2)cc1OC. The maximum absolute atomic E-state index is 6.21. The summed E-state index contributed by atoms with van der Waals surface area (Å²) < 4.78 is 10.7. The van der Waals surface area contributed by atoms with Gasteiger partial charge in [0.15, 0.2) is 11.5 Å². The van der Waals surface area contributed by atoms with Gasteiger partial charge >= 0.3 is 0 Å². The summed E-state index contributed by atoms with van der Waals surface area (Å²) in [7, 11) is 3.31. The van der Waals surface area contributed by atoms with Crippen LogP contribution >= 0.6 is 0 Å². The summed E-state index contributed by atoms with van der Waals surface area (Å²) in [6, 6.07) is 4.56. The fraction of sp³-hybridized carbons (Fsp3) is 0.600. The summed E-state index contributed by atoms with van der Waals surface area (Å²) in [6.07, 6.45) is 5.27. The Balaban J connectivity index is 1.91. The highest BCUT2D eigenvalue weighted by Gasteiger charge is 2.35. The molecule has 0 radical (unpaired) electrons. The minimum Gasteiger partial charge on any atom is -0.493 e. The molecule has 4 heteroatoms. The van der Waals surface area contributed by atoms with Crippen molar-refractivity contribution in [1.82, 2.24) is 0 Å². The molecule has 0 saturated heterocycles. The molecule has 19 heavy (non-hydrogen) atoms. The second-order valence-electron chi connectivity index (χ2n) is 5.59. The van der Waals surface area contributed by atoms with E-state index in [1.807, 2.05) is 12.1 Å². The molecule has 1 aromatic rings. The van der Waals surface area contributed by atoms with Crippen LogP contribution < -0.4 is 20.1 Å². The monoisotopic (exact) mass is 262 g/mol. The topological polar surface area (TPSA) is 47.7 Å². The molecule has 0 spiro atoms. The van der Waals surface area contributed by atoms with Gasteiger partial charge in [0.2, 0.25) is 0 Å². The van der Waals surface area contributed by atoms with Gasteiger partial charge in [-0.05, 0) is 31.6 Å². The molecule has 2 saturated carbocycles. The normalized spacial score (nSPS) is 18.2. The van der Waals surface area contributed by atoms with Crippen molar-refractivity contribution >= 4 is 11.4 Å². The molecule has 0 amide bonds. The Morgan fingerprint density at radius 1 is 1.11 bits per heavy atom. The first kappa shape index (κ1) is 12.5. The van der Waals surface area contributed by atoms with E-state index in [0.29, 0.717) is 11.8 Å². The van der Waals surface area contributed by atoms with Gasteiger partial charge in [0, 0.05) is 24.7 Å². The van der Waals surface area contributed by atoms with E-state index in [9.17, 15) is 0 Å². The fourth-order valence-electron chi connectivity index (χ4n) is 2.54. The Morgan fingerprint density at radius 2 is 1.74 bits per heavy atom. The van der Waals surface area contributed by atoms with Gasteiger partial charge in [0.25, 0.3) is 0 Å². The second kappa shape index (κ2) is 4.83. The van der Waals surface area contributed by atoms with Crippen molar-refractivity contribution in [2.45, 2.75) is 31.7 Å². The molecule has 2 aliphatic carbocycles. The van der Waals surface area contributed by atoms with Crippen LogP contribution in [-0.4, -0.2) is 26.8 Å². The zero-order chi connectivity index (χ0) is 13.4. The van der Waals surface area contributed by atoms with E-state index < -0.39 is 0 Å². The van der Waals surface area contributed by atoms with Crippen LogP contribution in [0.1, 0.15) is 25.7 Å². The lowest BCUT2D eigenvalue weighted by molar-refractivity contribution is 0.355. The lowest BCUT2D eigenvalue weighted by Gasteiger charge is -2.27.